The second kappa shape index (κ2) is 8.50. The van der Waals surface area contributed by atoms with Crippen molar-refractivity contribution in [3.8, 4) is 11.5 Å². The largest absolute Gasteiger partial charge is 0.497 e. The van der Waals surface area contributed by atoms with Gasteiger partial charge in [0.25, 0.3) is 0 Å². The molecule has 0 radical (unpaired) electrons. The zero-order valence-corrected chi connectivity index (χ0v) is 14.9. The second-order valence-electron chi connectivity index (χ2n) is 5.55. The topological polar surface area (TPSA) is 30.8 Å². The highest BCUT2D eigenvalue weighted by Crippen LogP contribution is 2.24. The Bertz CT molecular complexity index is 893. The number of halogens is 2. The van der Waals surface area contributed by atoms with Gasteiger partial charge in [-0.3, -0.25) is 4.99 Å². The van der Waals surface area contributed by atoms with Crippen LogP contribution in [0.25, 0.3) is 0 Å². The van der Waals surface area contributed by atoms with E-state index in [2.05, 4.69) is 4.99 Å². The van der Waals surface area contributed by atoms with Gasteiger partial charge in [0.1, 0.15) is 23.9 Å². The van der Waals surface area contributed by atoms with Crippen LogP contribution in [-0.2, 0) is 6.61 Å². The van der Waals surface area contributed by atoms with E-state index in [1.807, 2.05) is 24.3 Å². The Morgan fingerprint density at radius 2 is 1.73 bits per heavy atom. The highest BCUT2D eigenvalue weighted by molar-refractivity contribution is 6.30. The van der Waals surface area contributed by atoms with Gasteiger partial charge < -0.3 is 9.47 Å². The third kappa shape index (κ3) is 4.83. The first-order valence-corrected chi connectivity index (χ1v) is 8.37. The Labute approximate surface area is 156 Å². The lowest BCUT2D eigenvalue weighted by Crippen LogP contribution is -1.98. The molecule has 3 aromatic rings. The average molecular weight is 370 g/mol. The normalized spacial score (nSPS) is 10.9. The molecule has 0 unspecified atom stereocenters. The van der Waals surface area contributed by atoms with Crippen LogP contribution >= 0.6 is 11.6 Å². The highest BCUT2D eigenvalue weighted by atomic mass is 35.5. The molecule has 0 N–H and O–H groups in total. The first kappa shape index (κ1) is 18.0. The van der Waals surface area contributed by atoms with Gasteiger partial charge in [-0.2, -0.15) is 0 Å². The van der Waals surface area contributed by atoms with Gasteiger partial charge in [0.05, 0.1) is 12.8 Å². The molecule has 3 nitrogen and oxygen atoms in total. The van der Waals surface area contributed by atoms with Crippen molar-refractivity contribution >= 4 is 23.5 Å². The molecule has 5 heteroatoms. The quantitative estimate of drug-likeness (QED) is 0.513. The van der Waals surface area contributed by atoms with Gasteiger partial charge in [0.15, 0.2) is 0 Å². The Balaban J connectivity index is 1.76. The zero-order valence-electron chi connectivity index (χ0n) is 14.2. The summed E-state index contributed by atoms with van der Waals surface area (Å²) in [6.07, 6.45) is 1.70. The molecule has 0 aliphatic heterocycles. The molecule has 0 atom stereocenters. The van der Waals surface area contributed by atoms with E-state index in [1.54, 1.807) is 43.7 Å². The summed E-state index contributed by atoms with van der Waals surface area (Å²) in [7, 11) is 1.62. The Morgan fingerprint density at radius 1 is 1.00 bits per heavy atom. The molecule has 0 bridgehead atoms. The number of ether oxygens (including phenoxy) is 2. The van der Waals surface area contributed by atoms with E-state index in [0.29, 0.717) is 17.4 Å². The van der Waals surface area contributed by atoms with Crippen molar-refractivity contribution in [1.29, 1.82) is 0 Å². The molecule has 26 heavy (non-hydrogen) atoms. The van der Waals surface area contributed by atoms with Crippen molar-refractivity contribution in [2.45, 2.75) is 6.61 Å². The van der Waals surface area contributed by atoms with Crippen LogP contribution in [0.15, 0.2) is 71.7 Å². The SMILES string of the molecule is COc1ccc(N=Cc2cc(Cl)ccc2OCc2ccc(F)cc2)cc1. The van der Waals surface area contributed by atoms with Crippen LogP contribution in [0.1, 0.15) is 11.1 Å². The van der Waals surface area contributed by atoms with Crippen LogP contribution in [0.4, 0.5) is 10.1 Å². The summed E-state index contributed by atoms with van der Waals surface area (Å²) >= 11 is 6.10. The number of rotatable bonds is 6. The van der Waals surface area contributed by atoms with E-state index in [0.717, 1.165) is 22.6 Å². The van der Waals surface area contributed by atoms with E-state index in [-0.39, 0.29) is 5.82 Å². The average Bonchev–Trinajstić information content (AvgIpc) is 2.67. The lowest BCUT2D eigenvalue weighted by molar-refractivity contribution is 0.305. The molecule has 0 aromatic heterocycles. The highest BCUT2D eigenvalue weighted by Gasteiger charge is 2.04. The molecular weight excluding hydrogens is 353 g/mol. The minimum atomic E-state index is -0.271. The van der Waals surface area contributed by atoms with Crippen molar-refractivity contribution in [2.24, 2.45) is 4.99 Å². The number of hydrogen-bond donors (Lipinski definition) is 0. The maximum Gasteiger partial charge on any atom is 0.128 e. The predicted octanol–water partition coefficient (Wildman–Crippen LogP) is 5.82. The standard InChI is InChI=1S/C21H17ClFNO2/c1-25-20-9-7-19(8-10-20)24-13-16-12-17(22)4-11-21(16)26-14-15-2-5-18(23)6-3-15/h2-13H,14H2,1H3. The molecule has 0 amide bonds. The van der Waals surface area contributed by atoms with Gasteiger partial charge in [0, 0.05) is 16.8 Å². The monoisotopic (exact) mass is 369 g/mol. The van der Waals surface area contributed by atoms with Crippen molar-refractivity contribution in [1.82, 2.24) is 0 Å². The fraction of sp³-hybridized carbons (Fsp3) is 0.0952. The number of nitrogens with zero attached hydrogens (tertiary/aromatic N) is 1. The summed E-state index contributed by atoms with van der Waals surface area (Å²) in [6.45, 7) is 0.325. The lowest BCUT2D eigenvalue weighted by Gasteiger charge is -2.10. The second-order valence-corrected chi connectivity index (χ2v) is 5.99. The summed E-state index contributed by atoms with van der Waals surface area (Å²) in [4.78, 5) is 4.45. The first-order valence-electron chi connectivity index (χ1n) is 7.99. The van der Waals surface area contributed by atoms with Crippen molar-refractivity contribution in [2.75, 3.05) is 7.11 Å². The number of aliphatic imine (C=N–C) groups is 1. The van der Waals surface area contributed by atoms with E-state index in [9.17, 15) is 4.39 Å². The van der Waals surface area contributed by atoms with Crippen LogP contribution < -0.4 is 9.47 Å². The smallest absolute Gasteiger partial charge is 0.128 e. The zero-order chi connectivity index (χ0) is 18.4. The van der Waals surface area contributed by atoms with Gasteiger partial charge in [-0.15, -0.1) is 0 Å². The van der Waals surface area contributed by atoms with Crippen LogP contribution in [0, 0.1) is 5.82 Å². The molecule has 3 rings (SSSR count). The maximum absolute atomic E-state index is 13.0. The molecule has 0 saturated carbocycles. The lowest BCUT2D eigenvalue weighted by atomic mass is 10.2. The predicted molar refractivity (Wildman–Crippen MR) is 102 cm³/mol. The van der Waals surface area contributed by atoms with Crippen molar-refractivity contribution in [3.63, 3.8) is 0 Å². The molecule has 0 spiro atoms. The first-order chi connectivity index (χ1) is 12.6. The van der Waals surface area contributed by atoms with Crippen LogP contribution in [-0.4, -0.2) is 13.3 Å². The molecule has 0 fully saturated rings. The molecular formula is C21H17ClFNO2. The molecule has 3 aromatic carbocycles. The molecule has 132 valence electrons. The number of hydrogen-bond acceptors (Lipinski definition) is 3. The molecule has 0 saturated heterocycles. The fourth-order valence-corrected chi connectivity index (χ4v) is 2.49. The van der Waals surface area contributed by atoms with Crippen LogP contribution in [0.3, 0.4) is 0 Å². The molecule has 0 heterocycles. The number of methoxy groups -OCH3 is 1. The van der Waals surface area contributed by atoms with E-state index < -0.39 is 0 Å². The third-order valence-corrected chi connectivity index (χ3v) is 3.94. The Hall–Kier alpha value is -2.85. The Kier molecular flexibility index (Phi) is 5.87. The Morgan fingerprint density at radius 3 is 2.42 bits per heavy atom. The summed E-state index contributed by atoms with van der Waals surface area (Å²) < 4.78 is 24.0. The van der Waals surface area contributed by atoms with E-state index >= 15 is 0 Å². The minimum absolute atomic E-state index is 0.271. The number of benzene rings is 3. The van der Waals surface area contributed by atoms with Gasteiger partial charge >= 0.3 is 0 Å². The summed E-state index contributed by atoms with van der Waals surface area (Å²) in [5, 5.41) is 0.593. The fourth-order valence-electron chi connectivity index (χ4n) is 2.31. The van der Waals surface area contributed by atoms with Gasteiger partial charge in [-0.1, -0.05) is 23.7 Å². The maximum atomic E-state index is 13.0. The van der Waals surface area contributed by atoms with Gasteiger partial charge in [-0.25, -0.2) is 4.39 Å². The summed E-state index contributed by atoms with van der Waals surface area (Å²) in [5.74, 6) is 1.15. The van der Waals surface area contributed by atoms with Gasteiger partial charge in [0.2, 0.25) is 0 Å². The van der Waals surface area contributed by atoms with E-state index in [4.69, 9.17) is 21.1 Å². The van der Waals surface area contributed by atoms with Crippen LogP contribution in [0.2, 0.25) is 5.02 Å². The summed E-state index contributed by atoms with van der Waals surface area (Å²) in [6, 6.07) is 18.9. The minimum Gasteiger partial charge on any atom is -0.497 e. The third-order valence-electron chi connectivity index (χ3n) is 3.70. The van der Waals surface area contributed by atoms with Crippen LogP contribution in [0.5, 0.6) is 11.5 Å². The molecule has 0 aliphatic carbocycles. The summed E-state index contributed by atoms with van der Waals surface area (Å²) in [5.41, 5.74) is 2.42. The van der Waals surface area contributed by atoms with E-state index in [1.165, 1.54) is 12.1 Å². The van der Waals surface area contributed by atoms with Gasteiger partial charge in [-0.05, 0) is 60.2 Å². The molecule has 0 aliphatic rings. The van der Waals surface area contributed by atoms with Crippen molar-refractivity contribution < 1.29 is 13.9 Å². The van der Waals surface area contributed by atoms with Crippen molar-refractivity contribution in [3.05, 3.63) is 88.7 Å².